The molecule has 2 aliphatic rings. The van der Waals surface area contributed by atoms with Gasteiger partial charge in [0.2, 0.25) is 0 Å². The summed E-state index contributed by atoms with van der Waals surface area (Å²) in [7, 11) is 0. The van der Waals surface area contributed by atoms with Gasteiger partial charge in [-0.3, -0.25) is 0 Å². The molecule has 1 unspecified atom stereocenters. The predicted molar refractivity (Wildman–Crippen MR) is 84.8 cm³/mol. The van der Waals surface area contributed by atoms with Gasteiger partial charge in [0.05, 0.1) is 13.2 Å². The molecule has 21 heavy (non-hydrogen) atoms. The van der Waals surface area contributed by atoms with E-state index in [9.17, 15) is 0 Å². The summed E-state index contributed by atoms with van der Waals surface area (Å²) in [4.78, 5) is 0. The minimum Gasteiger partial charge on any atom is -0.348 e. The van der Waals surface area contributed by atoms with Crippen LogP contribution in [0.5, 0.6) is 0 Å². The van der Waals surface area contributed by atoms with Gasteiger partial charge in [0.25, 0.3) is 0 Å². The molecule has 0 amide bonds. The number of allylic oxidation sites excluding steroid dienone is 1. The minimum atomic E-state index is -0.0974. The van der Waals surface area contributed by atoms with Crippen molar-refractivity contribution < 1.29 is 9.47 Å². The molecule has 1 aromatic carbocycles. The molecule has 3 rings (SSSR count). The van der Waals surface area contributed by atoms with E-state index in [0.717, 1.165) is 6.42 Å². The molecular weight excluding hydrogens is 261 g/mol. The van der Waals surface area contributed by atoms with Gasteiger partial charge in [0, 0.05) is 6.42 Å². The van der Waals surface area contributed by atoms with Gasteiger partial charge in [0.15, 0.2) is 6.29 Å². The summed E-state index contributed by atoms with van der Waals surface area (Å²) < 4.78 is 11.8. The van der Waals surface area contributed by atoms with Gasteiger partial charge in [-0.15, -0.1) is 0 Å². The number of rotatable bonds is 2. The predicted octanol–water partition coefficient (Wildman–Crippen LogP) is 4.98. The molecule has 1 fully saturated rings. The Bertz CT molecular complexity index is 477. The van der Waals surface area contributed by atoms with Crippen molar-refractivity contribution in [3.63, 3.8) is 0 Å². The van der Waals surface area contributed by atoms with Crippen LogP contribution >= 0.6 is 0 Å². The van der Waals surface area contributed by atoms with Crippen LogP contribution in [-0.2, 0) is 22.7 Å². The van der Waals surface area contributed by atoms with Crippen LogP contribution in [0.4, 0.5) is 0 Å². The Labute approximate surface area is 128 Å². The monoisotopic (exact) mass is 287 g/mol. The number of hydrogen-bond acceptors (Lipinski definition) is 2. The third kappa shape index (κ3) is 3.96. The molecule has 0 N–H and O–H groups in total. The van der Waals surface area contributed by atoms with Crippen molar-refractivity contribution in [2.24, 2.45) is 5.41 Å². The highest BCUT2D eigenvalue weighted by atomic mass is 16.7. The zero-order chi connectivity index (χ0) is 14.7. The summed E-state index contributed by atoms with van der Waals surface area (Å²) in [5, 5.41) is 0. The highest BCUT2D eigenvalue weighted by Crippen LogP contribution is 2.37. The molecule has 2 nitrogen and oxygen atoms in total. The molecule has 1 aliphatic carbocycles. The van der Waals surface area contributed by atoms with Crippen molar-refractivity contribution in [2.45, 2.75) is 65.5 Å². The topological polar surface area (TPSA) is 18.5 Å². The van der Waals surface area contributed by atoms with Crippen LogP contribution in [0.2, 0.25) is 0 Å². The fourth-order valence-corrected chi connectivity index (χ4v) is 3.10. The van der Waals surface area contributed by atoms with Crippen molar-refractivity contribution in [2.75, 3.05) is 0 Å². The average Bonchev–Trinajstić information content (AvgIpc) is 2.69. The van der Waals surface area contributed by atoms with Crippen molar-refractivity contribution in [1.82, 2.24) is 0 Å². The largest absolute Gasteiger partial charge is 0.348 e. The smallest absolute Gasteiger partial charge is 0.161 e. The van der Waals surface area contributed by atoms with Gasteiger partial charge in [-0.05, 0) is 42.2 Å². The summed E-state index contributed by atoms with van der Waals surface area (Å²) in [5.74, 6) is 0. The zero-order valence-electron chi connectivity index (χ0n) is 13.2. The molecular formula is C19H26O2. The lowest BCUT2D eigenvalue weighted by Crippen LogP contribution is -2.17. The second-order valence-electron chi connectivity index (χ2n) is 7.08. The van der Waals surface area contributed by atoms with Gasteiger partial charge in [0.1, 0.15) is 0 Å². The Morgan fingerprint density at radius 3 is 2.19 bits per heavy atom. The Hall–Kier alpha value is -1.12. The quantitative estimate of drug-likeness (QED) is 0.564. The Kier molecular flexibility index (Phi) is 4.46. The lowest BCUT2D eigenvalue weighted by molar-refractivity contribution is -0.146. The normalized spacial score (nSPS) is 25.0. The van der Waals surface area contributed by atoms with E-state index in [-0.39, 0.29) is 6.29 Å². The average molecular weight is 287 g/mol. The first kappa shape index (κ1) is 14.8. The maximum atomic E-state index is 5.89. The summed E-state index contributed by atoms with van der Waals surface area (Å²) in [6.45, 7) is 6.07. The van der Waals surface area contributed by atoms with Crippen LogP contribution in [-0.4, -0.2) is 6.29 Å². The first-order valence-corrected chi connectivity index (χ1v) is 8.10. The van der Waals surface area contributed by atoms with Gasteiger partial charge in [-0.2, -0.15) is 0 Å². The summed E-state index contributed by atoms with van der Waals surface area (Å²) >= 11 is 0. The number of fused-ring (bicyclic) bond motifs is 1. The standard InChI is InChI=1S/C19H26O2/c1-19(2)11-9-15(10-12-19)7-8-18-20-13-16-5-3-4-6-17(16)14-21-18/h3-7,18H,8-14H2,1-2H3/i13+1. The SMILES string of the molecule is CC1(C)CCC(=CCC2OCc3ccccc3[13CH2]O2)CC1. The van der Waals surface area contributed by atoms with Crippen LogP contribution in [0, 0.1) is 5.41 Å². The summed E-state index contributed by atoms with van der Waals surface area (Å²) in [6, 6.07) is 8.38. The molecule has 0 radical (unpaired) electrons. The summed E-state index contributed by atoms with van der Waals surface area (Å²) in [5.41, 5.74) is 4.62. The van der Waals surface area contributed by atoms with Crippen LogP contribution < -0.4 is 0 Å². The van der Waals surface area contributed by atoms with Gasteiger partial charge >= 0.3 is 0 Å². The first-order chi connectivity index (χ1) is 10.1. The van der Waals surface area contributed by atoms with E-state index in [1.54, 1.807) is 5.57 Å². The first-order valence-electron chi connectivity index (χ1n) is 8.10. The molecule has 1 aliphatic heterocycles. The minimum absolute atomic E-state index is 0.0974. The van der Waals surface area contributed by atoms with Crippen molar-refractivity contribution in [3.8, 4) is 0 Å². The highest BCUT2D eigenvalue weighted by Gasteiger charge is 2.23. The molecule has 1 atom stereocenters. The van der Waals surface area contributed by atoms with Crippen molar-refractivity contribution in [3.05, 3.63) is 47.0 Å². The number of ether oxygens (including phenoxy) is 2. The lowest BCUT2D eigenvalue weighted by atomic mass is 9.75. The van der Waals surface area contributed by atoms with E-state index in [1.165, 1.54) is 36.8 Å². The van der Waals surface area contributed by atoms with Gasteiger partial charge in [-0.1, -0.05) is 49.8 Å². The van der Waals surface area contributed by atoms with Crippen LogP contribution in [0.15, 0.2) is 35.9 Å². The second-order valence-corrected chi connectivity index (χ2v) is 7.08. The molecule has 1 saturated carbocycles. The Morgan fingerprint density at radius 2 is 1.62 bits per heavy atom. The third-order valence-electron chi connectivity index (χ3n) is 4.81. The van der Waals surface area contributed by atoms with E-state index in [4.69, 9.17) is 9.47 Å². The van der Waals surface area contributed by atoms with Gasteiger partial charge in [-0.25, -0.2) is 0 Å². The second kappa shape index (κ2) is 6.33. The maximum Gasteiger partial charge on any atom is 0.161 e. The van der Waals surface area contributed by atoms with E-state index >= 15 is 0 Å². The molecule has 0 aromatic heterocycles. The molecule has 1 aromatic rings. The fourth-order valence-electron chi connectivity index (χ4n) is 3.10. The molecule has 0 saturated heterocycles. The fraction of sp³-hybridized carbons (Fsp3) is 0.579. The van der Waals surface area contributed by atoms with E-state index in [0.29, 0.717) is 18.6 Å². The molecule has 114 valence electrons. The van der Waals surface area contributed by atoms with Crippen LogP contribution in [0.25, 0.3) is 0 Å². The Balaban J connectivity index is 1.53. The molecule has 2 heteroatoms. The van der Waals surface area contributed by atoms with Crippen molar-refractivity contribution in [1.29, 1.82) is 0 Å². The van der Waals surface area contributed by atoms with E-state index in [2.05, 4.69) is 44.2 Å². The zero-order valence-corrected chi connectivity index (χ0v) is 13.2. The number of benzene rings is 1. The molecule has 1 heterocycles. The van der Waals surface area contributed by atoms with E-state index < -0.39 is 0 Å². The lowest BCUT2D eigenvalue weighted by Gasteiger charge is -2.31. The highest BCUT2D eigenvalue weighted by molar-refractivity contribution is 5.26. The van der Waals surface area contributed by atoms with Gasteiger partial charge < -0.3 is 9.47 Å². The number of hydrogen-bond donors (Lipinski definition) is 0. The molecule has 0 bridgehead atoms. The Morgan fingerprint density at radius 1 is 1.05 bits per heavy atom. The maximum absolute atomic E-state index is 5.89. The molecule has 0 spiro atoms. The van der Waals surface area contributed by atoms with E-state index in [1.807, 2.05) is 0 Å². The third-order valence-corrected chi connectivity index (χ3v) is 4.81. The summed E-state index contributed by atoms with van der Waals surface area (Å²) in [6.07, 6.45) is 8.21. The van der Waals surface area contributed by atoms with Crippen LogP contribution in [0.3, 0.4) is 0 Å². The van der Waals surface area contributed by atoms with Crippen molar-refractivity contribution >= 4 is 0 Å². The van der Waals surface area contributed by atoms with Crippen LogP contribution in [0.1, 0.15) is 57.1 Å².